The summed E-state index contributed by atoms with van der Waals surface area (Å²) in [6, 6.07) is 7.28. The zero-order valence-corrected chi connectivity index (χ0v) is 16.5. The molecule has 0 saturated carbocycles. The van der Waals surface area contributed by atoms with Gasteiger partial charge >= 0.3 is 0 Å². The van der Waals surface area contributed by atoms with Crippen molar-refractivity contribution in [3.63, 3.8) is 0 Å². The fourth-order valence-corrected chi connectivity index (χ4v) is 4.31. The molecule has 0 spiro atoms. The average molecular weight is 380 g/mol. The molecule has 0 aliphatic heterocycles. The highest BCUT2D eigenvalue weighted by atomic mass is 32.2. The van der Waals surface area contributed by atoms with Gasteiger partial charge in [-0.15, -0.1) is 0 Å². The third kappa shape index (κ3) is 5.93. The third-order valence-electron chi connectivity index (χ3n) is 4.17. The highest BCUT2D eigenvalue weighted by Gasteiger charge is 2.30. The van der Waals surface area contributed by atoms with Crippen LogP contribution in [-0.4, -0.2) is 35.1 Å². The zero-order chi connectivity index (χ0) is 18.8. The third-order valence-corrected chi connectivity index (χ3v) is 6.10. The van der Waals surface area contributed by atoms with Crippen molar-refractivity contribution in [3.05, 3.63) is 54.2 Å². The molecule has 0 unspecified atom stereocenters. The zero-order valence-electron chi connectivity index (χ0n) is 15.7. The van der Waals surface area contributed by atoms with Crippen LogP contribution < -0.4 is 0 Å². The summed E-state index contributed by atoms with van der Waals surface area (Å²) in [6.07, 6.45) is 8.57. The van der Waals surface area contributed by atoms with Gasteiger partial charge in [-0.3, -0.25) is 4.98 Å². The molecule has 2 rings (SSSR count). The maximum absolute atomic E-state index is 13.4. The van der Waals surface area contributed by atoms with E-state index in [4.69, 9.17) is 4.42 Å². The molecule has 0 atom stereocenters. The van der Waals surface area contributed by atoms with Crippen molar-refractivity contribution in [1.82, 2.24) is 13.6 Å². The number of furan rings is 1. The van der Waals surface area contributed by atoms with E-state index in [0.717, 1.165) is 31.2 Å². The number of aromatic nitrogens is 1. The Kier molecular flexibility index (Phi) is 8.28. The minimum Gasteiger partial charge on any atom is -0.468 e. The molecular weight excluding hydrogens is 350 g/mol. The second-order valence-corrected chi connectivity index (χ2v) is 8.25. The van der Waals surface area contributed by atoms with Crippen molar-refractivity contribution in [3.8, 4) is 0 Å². The van der Waals surface area contributed by atoms with Crippen LogP contribution in [0.1, 0.15) is 50.9 Å². The van der Waals surface area contributed by atoms with Crippen LogP contribution in [0, 0.1) is 0 Å². The van der Waals surface area contributed by atoms with Gasteiger partial charge in [0.15, 0.2) is 0 Å². The molecule has 0 bridgehead atoms. The number of rotatable bonds is 12. The van der Waals surface area contributed by atoms with E-state index in [-0.39, 0.29) is 13.1 Å². The Balaban J connectivity index is 2.26. The van der Waals surface area contributed by atoms with E-state index in [9.17, 15) is 8.42 Å². The number of pyridine rings is 1. The Bertz CT molecular complexity index is 710. The predicted octanol–water partition coefficient (Wildman–Crippen LogP) is 3.82. The molecule has 2 aromatic heterocycles. The van der Waals surface area contributed by atoms with Crippen LogP contribution in [0.25, 0.3) is 0 Å². The maximum atomic E-state index is 13.4. The first-order valence-electron chi connectivity index (χ1n) is 9.24. The first-order valence-corrected chi connectivity index (χ1v) is 10.6. The summed E-state index contributed by atoms with van der Waals surface area (Å²) >= 11 is 0. The molecule has 2 heterocycles. The Morgan fingerprint density at radius 1 is 1.00 bits per heavy atom. The Morgan fingerprint density at radius 2 is 1.73 bits per heavy atom. The van der Waals surface area contributed by atoms with Gasteiger partial charge in [0.05, 0.1) is 12.8 Å². The second-order valence-electron chi connectivity index (χ2n) is 6.32. The first kappa shape index (κ1) is 20.6. The summed E-state index contributed by atoms with van der Waals surface area (Å²) in [6.45, 7) is 5.70. The molecule has 0 aliphatic rings. The van der Waals surface area contributed by atoms with E-state index >= 15 is 0 Å². The van der Waals surface area contributed by atoms with Gasteiger partial charge in [0.1, 0.15) is 5.76 Å². The molecule has 0 fully saturated rings. The highest BCUT2D eigenvalue weighted by molar-refractivity contribution is 7.86. The smallest absolute Gasteiger partial charge is 0.282 e. The average Bonchev–Trinajstić information content (AvgIpc) is 3.15. The van der Waals surface area contributed by atoms with Crippen LogP contribution >= 0.6 is 0 Å². The largest absolute Gasteiger partial charge is 0.468 e. The van der Waals surface area contributed by atoms with Crippen LogP contribution in [0.2, 0.25) is 0 Å². The van der Waals surface area contributed by atoms with Gasteiger partial charge in [-0.1, -0.05) is 32.8 Å². The standard InChI is InChI=1S/C19H29N3O3S/c1-3-5-12-21(13-6-4-2)26(23,24)22(17-19-10-8-14-25-19)16-18-9-7-11-20-15-18/h7-11,14-15H,3-6,12-13,16-17H2,1-2H3. The van der Waals surface area contributed by atoms with E-state index in [2.05, 4.69) is 18.8 Å². The fourth-order valence-electron chi connectivity index (χ4n) is 2.67. The molecule has 2 aromatic rings. The van der Waals surface area contributed by atoms with Gasteiger partial charge in [0.25, 0.3) is 10.2 Å². The van der Waals surface area contributed by atoms with E-state index in [1.807, 2.05) is 12.1 Å². The van der Waals surface area contributed by atoms with E-state index < -0.39 is 10.2 Å². The number of hydrogen-bond acceptors (Lipinski definition) is 4. The lowest BCUT2D eigenvalue weighted by Gasteiger charge is -2.29. The van der Waals surface area contributed by atoms with Crippen LogP contribution in [0.15, 0.2) is 47.3 Å². The predicted molar refractivity (Wildman–Crippen MR) is 103 cm³/mol. The molecule has 144 valence electrons. The minimum absolute atomic E-state index is 0.207. The highest BCUT2D eigenvalue weighted by Crippen LogP contribution is 2.19. The molecule has 0 aromatic carbocycles. The molecule has 26 heavy (non-hydrogen) atoms. The molecule has 6 nitrogen and oxygen atoms in total. The summed E-state index contributed by atoms with van der Waals surface area (Å²) in [5.74, 6) is 0.628. The molecule has 0 N–H and O–H groups in total. The van der Waals surface area contributed by atoms with Gasteiger partial charge in [-0.05, 0) is 36.6 Å². The van der Waals surface area contributed by atoms with Gasteiger partial charge < -0.3 is 4.42 Å². The number of hydrogen-bond donors (Lipinski definition) is 0. The van der Waals surface area contributed by atoms with Gasteiger partial charge in [-0.25, -0.2) is 0 Å². The van der Waals surface area contributed by atoms with Crippen LogP contribution in [0.4, 0.5) is 0 Å². The van der Waals surface area contributed by atoms with Crippen molar-refractivity contribution in [2.75, 3.05) is 13.1 Å². The molecule has 0 aliphatic carbocycles. The van der Waals surface area contributed by atoms with Crippen molar-refractivity contribution in [2.24, 2.45) is 0 Å². The van der Waals surface area contributed by atoms with Crippen molar-refractivity contribution < 1.29 is 12.8 Å². The summed E-state index contributed by atoms with van der Waals surface area (Å²) < 4.78 is 35.2. The van der Waals surface area contributed by atoms with Crippen molar-refractivity contribution in [1.29, 1.82) is 0 Å². The van der Waals surface area contributed by atoms with Crippen LogP contribution in [-0.2, 0) is 23.3 Å². The quantitative estimate of drug-likeness (QED) is 0.562. The normalized spacial score (nSPS) is 12.2. The van der Waals surface area contributed by atoms with E-state index in [1.54, 1.807) is 35.1 Å². The SMILES string of the molecule is CCCCN(CCCC)S(=O)(=O)N(Cc1cccnc1)Cc1ccco1. The Hall–Kier alpha value is -1.70. The lowest BCUT2D eigenvalue weighted by molar-refractivity contribution is 0.305. The first-order chi connectivity index (χ1) is 12.6. The number of unbranched alkanes of at least 4 members (excludes halogenated alkanes) is 2. The molecule has 0 amide bonds. The van der Waals surface area contributed by atoms with Gasteiger partial charge in [-0.2, -0.15) is 17.0 Å². The van der Waals surface area contributed by atoms with Crippen LogP contribution in [0.5, 0.6) is 0 Å². The molecule has 0 saturated heterocycles. The fraction of sp³-hybridized carbons (Fsp3) is 0.526. The minimum atomic E-state index is -3.60. The Labute approximate surface area is 157 Å². The summed E-state index contributed by atoms with van der Waals surface area (Å²) in [5, 5.41) is 0. The summed E-state index contributed by atoms with van der Waals surface area (Å²) in [5.41, 5.74) is 0.855. The van der Waals surface area contributed by atoms with Gasteiger partial charge in [0, 0.05) is 32.0 Å². The monoisotopic (exact) mass is 379 g/mol. The van der Waals surface area contributed by atoms with Gasteiger partial charge in [0.2, 0.25) is 0 Å². The number of nitrogens with zero attached hydrogens (tertiary/aromatic N) is 3. The van der Waals surface area contributed by atoms with E-state index in [1.165, 1.54) is 4.31 Å². The molecule has 0 radical (unpaired) electrons. The lowest BCUT2D eigenvalue weighted by atomic mass is 10.3. The van der Waals surface area contributed by atoms with Crippen LogP contribution in [0.3, 0.4) is 0 Å². The van der Waals surface area contributed by atoms with Crippen molar-refractivity contribution >= 4 is 10.2 Å². The Morgan fingerprint density at radius 3 is 2.27 bits per heavy atom. The molecule has 7 heteroatoms. The topological polar surface area (TPSA) is 66.7 Å². The summed E-state index contributed by atoms with van der Waals surface area (Å²) in [7, 11) is -3.60. The molecular formula is C19H29N3O3S. The van der Waals surface area contributed by atoms with Crippen molar-refractivity contribution in [2.45, 2.75) is 52.6 Å². The van der Waals surface area contributed by atoms with E-state index in [0.29, 0.717) is 18.8 Å². The summed E-state index contributed by atoms with van der Waals surface area (Å²) in [4.78, 5) is 4.10. The lowest BCUT2D eigenvalue weighted by Crippen LogP contribution is -2.44. The maximum Gasteiger partial charge on any atom is 0.282 e. The second kappa shape index (κ2) is 10.4.